The van der Waals surface area contributed by atoms with Gasteiger partial charge >= 0.3 is 0 Å². The van der Waals surface area contributed by atoms with Crippen LogP contribution in [-0.4, -0.2) is 33.6 Å². The SMILES string of the molecule is CC1COCCC1Nc1nc(NN)cn2ccnc12. The van der Waals surface area contributed by atoms with E-state index in [1.807, 2.05) is 10.6 Å². The molecule has 0 aliphatic carbocycles. The Morgan fingerprint density at radius 1 is 1.53 bits per heavy atom. The van der Waals surface area contributed by atoms with Crippen molar-refractivity contribution in [2.24, 2.45) is 11.8 Å². The molecule has 102 valence electrons. The summed E-state index contributed by atoms with van der Waals surface area (Å²) in [5, 5.41) is 3.46. The second kappa shape index (κ2) is 5.02. The molecule has 4 N–H and O–H groups in total. The number of nitrogen functional groups attached to an aromatic ring is 1. The summed E-state index contributed by atoms with van der Waals surface area (Å²) in [4.78, 5) is 8.77. The maximum absolute atomic E-state index is 5.45. The zero-order valence-corrected chi connectivity index (χ0v) is 10.8. The van der Waals surface area contributed by atoms with Crippen LogP contribution in [0.3, 0.4) is 0 Å². The average Bonchev–Trinajstić information content (AvgIpc) is 2.89. The van der Waals surface area contributed by atoms with Crippen LogP contribution in [0.2, 0.25) is 0 Å². The summed E-state index contributed by atoms with van der Waals surface area (Å²) in [6.07, 6.45) is 6.39. The van der Waals surface area contributed by atoms with Crippen molar-refractivity contribution in [2.75, 3.05) is 24.0 Å². The molecule has 2 aromatic heterocycles. The highest BCUT2D eigenvalue weighted by atomic mass is 16.5. The van der Waals surface area contributed by atoms with Crippen molar-refractivity contribution in [1.82, 2.24) is 14.4 Å². The fourth-order valence-corrected chi connectivity index (χ4v) is 2.37. The van der Waals surface area contributed by atoms with E-state index in [0.717, 1.165) is 31.1 Å². The lowest BCUT2D eigenvalue weighted by atomic mass is 9.98. The van der Waals surface area contributed by atoms with Crippen molar-refractivity contribution >= 4 is 17.3 Å². The second-order valence-corrected chi connectivity index (χ2v) is 4.87. The predicted molar refractivity (Wildman–Crippen MR) is 72.8 cm³/mol. The molecule has 7 heteroatoms. The molecular weight excluding hydrogens is 244 g/mol. The molecule has 2 aromatic rings. The Labute approximate surface area is 111 Å². The lowest BCUT2D eigenvalue weighted by molar-refractivity contribution is 0.0537. The van der Waals surface area contributed by atoms with Crippen LogP contribution >= 0.6 is 0 Å². The Morgan fingerprint density at radius 3 is 3.21 bits per heavy atom. The molecule has 0 amide bonds. The minimum Gasteiger partial charge on any atom is -0.381 e. The molecule has 0 bridgehead atoms. The molecule has 1 aliphatic heterocycles. The molecule has 7 nitrogen and oxygen atoms in total. The fourth-order valence-electron chi connectivity index (χ4n) is 2.37. The molecule has 3 heterocycles. The van der Waals surface area contributed by atoms with Crippen molar-refractivity contribution in [3.8, 4) is 0 Å². The Hall–Kier alpha value is -1.86. The van der Waals surface area contributed by atoms with Crippen LogP contribution in [0.15, 0.2) is 18.6 Å². The zero-order valence-electron chi connectivity index (χ0n) is 10.8. The largest absolute Gasteiger partial charge is 0.381 e. The summed E-state index contributed by atoms with van der Waals surface area (Å²) in [6, 6.07) is 0.342. The minimum absolute atomic E-state index is 0.342. The Balaban J connectivity index is 1.92. The summed E-state index contributed by atoms with van der Waals surface area (Å²) >= 11 is 0. The molecular formula is C12H18N6O. The summed E-state index contributed by atoms with van der Waals surface area (Å²) in [5.74, 6) is 7.24. The van der Waals surface area contributed by atoms with E-state index in [1.165, 1.54) is 0 Å². The van der Waals surface area contributed by atoms with Crippen LogP contribution in [0, 0.1) is 5.92 Å². The molecule has 2 unspecified atom stereocenters. The lowest BCUT2D eigenvalue weighted by Gasteiger charge is -2.30. The number of imidazole rings is 1. The van der Waals surface area contributed by atoms with E-state index in [2.05, 4.69) is 27.6 Å². The highest BCUT2D eigenvalue weighted by molar-refractivity contribution is 5.65. The summed E-state index contributed by atoms with van der Waals surface area (Å²) in [5.41, 5.74) is 3.38. The number of nitrogens with zero attached hydrogens (tertiary/aromatic N) is 3. The summed E-state index contributed by atoms with van der Waals surface area (Å²) in [6.45, 7) is 3.73. The predicted octanol–water partition coefficient (Wildman–Crippen LogP) is 0.852. The number of aromatic nitrogens is 3. The topological polar surface area (TPSA) is 89.5 Å². The Kier molecular flexibility index (Phi) is 3.22. The number of nitrogens with one attached hydrogen (secondary N) is 2. The smallest absolute Gasteiger partial charge is 0.180 e. The van der Waals surface area contributed by atoms with Crippen molar-refractivity contribution in [2.45, 2.75) is 19.4 Å². The molecule has 0 radical (unpaired) electrons. The van der Waals surface area contributed by atoms with Crippen LogP contribution in [-0.2, 0) is 4.74 Å². The number of hydrogen-bond acceptors (Lipinski definition) is 6. The van der Waals surface area contributed by atoms with Gasteiger partial charge in [-0.25, -0.2) is 15.8 Å². The van der Waals surface area contributed by atoms with Crippen LogP contribution < -0.4 is 16.6 Å². The highest BCUT2D eigenvalue weighted by Crippen LogP contribution is 2.22. The van der Waals surface area contributed by atoms with Gasteiger partial charge in [-0.05, 0) is 12.3 Å². The second-order valence-electron chi connectivity index (χ2n) is 4.87. The molecule has 1 fully saturated rings. The zero-order chi connectivity index (χ0) is 13.2. The van der Waals surface area contributed by atoms with Gasteiger partial charge < -0.3 is 19.9 Å². The van der Waals surface area contributed by atoms with Crippen molar-refractivity contribution in [3.05, 3.63) is 18.6 Å². The first-order valence-electron chi connectivity index (χ1n) is 6.42. The molecule has 1 saturated heterocycles. The number of anilines is 2. The first-order chi connectivity index (χ1) is 9.28. The number of rotatable bonds is 3. The van der Waals surface area contributed by atoms with Gasteiger partial charge in [0.05, 0.1) is 12.8 Å². The van der Waals surface area contributed by atoms with Crippen molar-refractivity contribution in [1.29, 1.82) is 0 Å². The van der Waals surface area contributed by atoms with Gasteiger partial charge in [-0.2, -0.15) is 0 Å². The Morgan fingerprint density at radius 2 is 2.42 bits per heavy atom. The number of nitrogens with two attached hydrogens (primary N) is 1. The first kappa shape index (κ1) is 12.2. The minimum atomic E-state index is 0.342. The fraction of sp³-hybridized carbons (Fsp3) is 0.500. The molecule has 3 rings (SSSR count). The van der Waals surface area contributed by atoms with E-state index in [1.54, 1.807) is 12.4 Å². The van der Waals surface area contributed by atoms with E-state index >= 15 is 0 Å². The van der Waals surface area contributed by atoms with E-state index < -0.39 is 0 Å². The van der Waals surface area contributed by atoms with Gasteiger partial charge in [-0.1, -0.05) is 6.92 Å². The maximum atomic E-state index is 5.45. The highest BCUT2D eigenvalue weighted by Gasteiger charge is 2.23. The molecule has 0 aromatic carbocycles. The molecule has 0 saturated carbocycles. The van der Waals surface area contributed by atoms with Crippen molar-refractivity contribution in [3.63, 3.8) is 0 Å². The van der Waals surface area contributed by atoms with Crippen LogP contribution in [0.1, 0.15) is 13.3 Å². The van der Waals surface area contributed by atoms with Gasteiger partial charge in [-0.15, -0.1) is 0 Å². The monoisotopic (exact) mass is 262 g/mol. The summed E-state index contributed by atoms with van der Waals surface area (Å²) < 4.78 is 7.35. The van der Waals surface area contributed by atoms with Gasteiger partial charge in [-0.3, -0.25) is 0 Å². The van der Waals surface area contributed by atoms with Crippen LogP contribution in [0.25, 0.3) is 5.65 Å². The van der Waals surface area contributed by atoms with Gasteiger partial charge in [0.25, 0.3) is 0 Å². The van der Waals surface area contributed by atoms with Crippen molar-refractivity contribution < 1.29 is 4.74 Å². The molecule has 2 atom stereocenters. The van der Waals surface area contributed by atoms with Crippen LogP contribution in [0.4, 0.5) is 11.6 Å². The first-order valence-corrected chi connectivity index (χ1v) is 6.42. The quantitative estimate of drug-likeness (QED) is 0.561. The van der Waals surface area contributed by atoms with Gasteiger partial charge in [0.15, 0.2) is 17.3 Å². The third-order valence-corrected chi connectivity index (χ3v) is 3.48. The lowest BCUT2D eigenvalue weighted by Crippen LogP contribution is -2.36. The average molecular weight is 262 g/mol. The molecule has 19 heavy (non-hydrogen) atoms. The van der Waals surface area contributed by atoms with Gasteiger partial charge in [0, 0.05) is 25.0 Å². The van der Waals surface area contributed by atoms with E-state index in [0.29, 0.717) is 17.8 Å². The normalized spacial score (nSPS) is 23.5. The van der Waals surface area contributed by atoms with Crippen LogP contribution in [0.5, 0.6) is 0 Å². The molecule has 0 spiro atoms. The molecule has 1 aliphatic rings. The third-order valence-electron chi connectivity index (χ3n) is 3.48. The van der Waals surface area contributed by atoms with E-state index in [-0.39, 0.29) is 0 Å². The number of fused-ring (bicyclic) bond motifs is 1. The van der Waals surface area contributed by atoms with E-state index in [4.69, 9.17) is 10.6 Å². The number of ether oxygens (including phenoxy) is 1. The van der Waals surface area contributed by atoms with E-state index in [9.17, 15) is 0 Å². The standard InChI is InChI=1S/C12H18N6O/c1-8-7-19-5-2-9(8)15-11-12-14-3-4-18(12)6-10(16-11)17-13/h3-4,6,8-9,17H,2,5,7,13H2,1H3,(H,15,16). The summed E-state index contributed by atoms with van der Waals surface area (Å²) in [7, 11) is 0. The number of hydrogen-bond donors (Lipinski definition) is 3. The third kappa shape index (κ3) is 2.34. The maximum Gasteiger partial charge on any atom is 0.180 e. The van der Waals surface area contributed by atoms with Gasteiger partial charge in [0.2, 0.25) is 0 Å². The van der Waals surface area contributed by atoms with Gasteiger partial charge in [0.1, 0.15) is 0 Å². The number of hydrazine groups is 1. The Bertz CT molecular complexity index is 568.